The number of benzene rings is 3. The summed E-state index contributed by atoms with van der Waals surface area (Å²) in [4.78, 5) is 14.6. The van der Waals surface area contributed by atoms with E-state index >= 15 is 0 Å². The highest BCUT2D eigenvalue weighted by atomic mass is 35.5. The molecule has 1 saturated carbocycles. The maximum atomic E-state index is 12.6. The van der Waals surface area contributed by atoms with Gasteiger partial charge in [0.2, 0.25) is 10.0 Å². The first-order valence-corrected chi connectivity index (χ1v) is 13.6. The van der Waals surface area contributed by atoms with Crippen LogP contribution in [-0.2, 0) is 14.8 Å². The Morgan fingerprint density at radius 3 is 2.44 bits per heavy atom. The second-order valence-corrected chi connectivity index (χ2v) is 11.2. The molecule has 1 fully saturated rings. The summed E-state index contributed by atoms with van der Waals surface area (Å²) in [5.41, 5.74) is 0.676. The lowest BCUT2D eigenvalue weighted by Crippen LogP contribution is -2.32. The number of carbonyl (C=O) groups is 1. The Labute approximate surface area is 209 Å². The number of rotatable bonds is 9. The van der Waals surface area contributed by atoms with Crippen LogP contribution in [0.5, 0.6) is 5.75 Å². The van der Waals surface area contributed by atoms with Gasteiger partial charge in [0, 0.05) is 15.8 Å². The second kappa shape index (κ2) is 11.3. The Morgan fingerprint density at radius 2 is 1.71 bits per heavy atom. The molecule has 0 atom stereocenters. The van der Waals surface area contributed by atoms with Crippen LogP contribution in [0.25, 0.3) is 0 Å². The zero-order valence-corrected chi connectivity index (χ0v) is 20.8. The van der Waals surface area contributed by atoms with E-state index in [9.17, 15) is 13.2 Å². The second-order valence-electron chi connectivity index (χ2n) is 7.94. The zero-order chi connectivity index (χ0) is 24.0. The van der Waals surface area contributed by atoms with Crippen molar-refractivity contribution in [3.63, 3.8) is 0 Å². The van der Waals surface area contributed by atoms with Crippen LogP contribution in [0.1, 0.15) is 25.7 Å². The van der Waals surface area contributed by atoms with Crippen molar-refractivity contribution in [2.24, 2.45) is 0 Å². The zero-order valence-electron chi connectivity index (χ0n) is 18.4. The molecule has 1 amide bonds. The van der Waals surface area contributed by atoms with Gasteiger partial charge in [-0.25, -0.2) is 13.1 Å². The summed E-state index contributed by atoms with van der Waals surface area (Å²) >= 11 is 7.81. The van der Waals surface area contributed by atoms with Crippen LogP contribution in [0, 0.1) is 0 Å². The van der Waals surface area contributed by atoms with E-state index in [-0.39, 0.29) is 34.2 Å². The maximum Gasteiger partial charge on any atom is 0.262 e. The minimum atomic E-state index is -3.66. The number of nitrogens with one attached hydrogen (secondary N) is 2. The van der Waals surface area contributed by atoms with Crippen LogP contribution < -0.4 is 14.8 Å². The molecule has 6 nitrogen and oxygen atoms in total. The molecule has 2 N–H and O–H groups in total. The fraction of sp³-hybridized carbons (Fsp3) is 0.240. The number of para-hydroxylation sites is 1. The molecule has 0 aliphatic heterocycles. The van der Waals surface area contributed by atoms with E-state index in [4.69, 9.17) is 16.3 Å². The summed E-state index contributed by atoms with van der Waals surface area (Å²) in [7, 11) is -3.66. The van der Waals surface area contributed by atoms with E-state index in [2.05, 4.69) is 10.0 Å². The number of ether oxygens (including phenoxy) is 1. The van der Waals surface area contributed by atoms with Crippen LogP contribution in [0.4, 0.5) is 5.69 Å². The first-order chi connectivity index (χ1) is 16.4. The van der Waals surface area contributed by atoms with Gasteiger partial charge in [0.1, 0.15) is 5.75 Å². The van der Waals surface area contributed by atoms with Crippen LogP contribution in [0.15, 0.2) is 87.5 Å². The molecule has 4 rings (SSSR count). The topological polar surface area (TPSA) is 84.5 Å². The number of halogens is 1. The molecule has 9 heteroatoms. The number of sulfonamides is 1. The maximum absolute atomic E-state index is 12.6. The van der Waals surface area contributed by atoms with E-state index in [1.165, 1.54) is 18.2 Å². The number of carbonyl (C=O) groups excluding carboxylic acids is 1. The standard InChI is InChI=1S/C25H25ClN2O4S2/c26-21-16-20(34(30,31)28-18-8-4-5-9-18)14-15-23(21)32-17-25(29)27-22-12-6-7-13-24(22)33-19-10-2-1-3-11-19/h1-3,6-7,10-16,18,28H,4-5,8-9,17H2,(H,27,29). The van der Waals surface area contributed by atoms with Gasteiger partial charge >= 0.3 is 0 Å². The van der Waals surface area contributed by atoms with Crippen molar-refractivity contribution in [1.29, 1.82) is 0 Å². The monoisotopic (exact) mass is 516 g/mol. The first-order valence-electron chi connectivity index (χ1n) is 11.0. The fourth-order valence-corrected chi connectivity index (χ4v) is 6.25. The number of amides is 1. The summed E-state index contributed by atoms with van der Waals surface area (Å²) < 4.78 is 33.5. The molecule has 1 aliphatic carbocycles. The van der Waals surface area contributed by atoms with Gasteiger partial charge in [0.15, 0.2) is 6.61 Å². The third-order valence-corrected chi connectivity index (χ3v) is 8.28. The Kier molecular flexibility index (Phi) is 8.15. The summed E-state index contributed by atoms with van der Waals surface area (Å²) in [6, 6.07) is 21.6. The van der Waals surface area contributed by atoms with Gasteiger partial charge in [-0.1, -0.05) is 66.5 Å². The number of anilines is 1. The minimum Gasteiger partial charge on any atom is -0.482 e. The molecule has 3 aromatic carbocycles. The molecule has 34 heavy (non-hydrogen) atoms. The molecule has 0 radical (unpaired) electrons. The molecule has 0 saturated heterocycles. The van der Waals surface area contributed by atoms with Crippen molar-refractivity contribution in [2.45, 2.75) is 46.4 Å². The SMILES string of the molecule is O=C(COc1ccc(S(=O)(=O)NC2CCCC2)cc1Cl)Nc1ccccc1Sc1ccccc1. The highest BCUT2D eigenvalue weighted by Crippen LogP contribution is 2.33. The first kappa shape index (κ1) is 24.6. The van der Waals surface area contributed by atoms with Gasteiger partial charge in [-0.3, -0.25) is 4.79 Å². The van der Waals surface area contributed by atoms with Crippen molar-refractivity contribution >= 4 is 45.0 Å². The highest BCUT2D eigenvalue weighted by molar-refractivity contribution is 7.99. The van der Waals surface area contributed by atoms with Gasteiger partial charge in [0.05, 0.1) is 15.6 Å². The van der Waals surface area contributed by atoms with Gasteiger partial charge in [-0.05, 0) is 55.3 Å². The Hall–Kier alpha value is -2.52. The van der Waals surface area contributed by atoms with E-state index in [1.54, 1.807) is 11.8 Å². The lowest BCUT2D eigenvalue weighted by molar-refractivity contribution is -0.118. The van der Waals surface area contributed by atoms with Crippen LogP contribution >= 0.6 is 23.4 Å². The molecule has 0 bridgehead atoms. The van der Waals surface area contributed by atoms with E-state index in [0.29, 0.717) is 5.69 Å². The Bertz CT molecular complexity index is 1250. The predicted octanol–water partition coefficient (Wildman–Crippen LogP) is 5.73. The molecule has 0 aromatic heterocycles. The molecule has 178 valence electrons. The van der Waals surface area contributed by atoms with Gasteiger partial charge in [-0.2, -0.15) is 0 Å². The molecule has 0 spiro atoms. The average molecular weight is 517 g/mol. The van der Waals surface area contributed by atoms with Gasteiger partial charge < -0.3 is 10.1 Å². The van der Waals surface area contributed by atoms with Crippen LogP contribution in [-0.4, -0.2) is 27.0 Å². The lowest BCUT2D eigenvalue weighted by Gasteiger charge is -2.14. The van der Waals surface area contributed by atoms with E-state index < -0.39 is 10.0 Å². The fourth-order valence-electron chi connectivity index (χ4n) is 3.70. The third kappa shape index (κ3) is 6.54. The summed E-state index contributed by atoms with van der Waals surface area (Å²) in [5.74, 6) is -0.111. The largest absolute Gasteiger partial charge is 0.482 e. The average Bonchev–Trinajstić information content (AvgIpc) is 3.32. The predicted molar refractivity (Wildman–Crippen MR) is 135 cm³/mol. The minimum absolute atomic E-state index is 0.0358. The third-order valence-electron chi connectivity index (χ3n) is 5.38. The molecular formula is C25H25ClN2O4S2. The molecule has 1 aliphatic rings. The number of hydrogen-bond acceptors (Lipinski definition) is 5. The summed E-state index contributed by atoms with van der Waals surface area (Å²) in [6.45, 7) is -0.267. The Balaban J connectivity index is 1.36. The van der Waals surface area contributed by atoms with Crippen molar-refractivity contribution in [1.82, 2.24) is 4.72 Å². The van der Waals surface area contributed by atoms with Crippen molar-refractivity contribution in [3.8, 4) is 5.75 Å². The quantitative estimate of drug-likeness (QED) is 0.379. The van der Waals surface area contributed by atoms with E-state index in [0.717, 1.165) is 35.5 Å². The van der Waals surface area contributed by atoms with Crippen molar-refractivity contribution in [3.05, 3.63) is 77.8 Å². The highest BCUT2D eigenvalue weighted by Gasteiger charge is 2.23. The lowest BCUT2D eigenvalue weighted by atomic mass is 10.3. The van der Waals surface area contributed by atoms with Crippen molar-refractivity contribution in [2.75, 3.05) is 11.9 Å². The smallest absolute Gasteiger partial charge is 0.262 e. The van der Waals surface area contributed by atoms with Crippen LogP contribution in [0.2, 0.25) is 5.02 Å². The normalized spacial score (nSPS) is 14.1. The van der Waals surface area contributed by atoms with Gasteiger partial charge in [0.25, 0.3) is 5.91 Å². The molecule has 3 aromatic rings. The summed E-state index contributed by atoms with van der Waals surface area (Å²) in [6.07, 6.45) is 3.74. The van der Waals surface area contributed by atoms with Crippen molar-refractivity contribution < 1.29 is 17.9 Å². The number of hydrogen-bond donors (Lipinski definition) is 2. The Morgan fingerprint density at radius 1 is 1.00 bits per heavy atom. The molecule has 0 heterocycles. The summed E-state index contributed by atoms with van der Waals surface area (Å²) in [5, 5.41) is 2.99. The van der Waals surface area contributed by atoms with Crippen LogP contribution in [0.3, 0.4) is 0 Å². The molecule has 0 unspecified atom stereocenters. The van der Waals surface area contributed by atoms with E-state index in [1.807, 2.05) is 54.6 Å². The molecular weight excluding hydrogens is 492 g/mol. The van der Waals surface area contributed by atoms with Gasteiger partial charge in [-0.15, -0.1) is 0 Å².